The van der Waals surface area contributed by atoms with E-state index in [4.69, 9.17) is 0 Å². The van der Waals surface area contributed by atoms with Crippen LogP contribution in [0.3, 0.4) is 0 Å². The van der Waals surface area contributed by atoms with Gasteiger partial charge < -0.3 is 14.6 Å². The first-order valence-corrected chi connectivity index (χ1v) is 9.59. The van der Waals surface area contributed by atoms with Gasteiger partial charge >= 0.3 is 0 Å². The lowest BCUT2D eigenvalue weighted by Gasteiger charge is -2.18. The lowest BCUT2D eigenvalue weighted by molar-refractivity contribution is 0.0935. The fourth-order valence-electron chi connectivity index (χ4n) is 3.61. The predicted molar refractivity (Wildman–Crippen MR) is 108 cm³/mol. The maximum atomic E-state index is 13.1. The fourth-order valence-corrected chi connectivity index (χ4v) is 3.61. The minimum Gasteiger partial charge on any atom is -0.351 e. The van der Waals surface area contributed by atoms with Gasteiger partial charge in [-0.15, -0.1) is 0 Å². The first-order valence-electron chi connectivity index (χ1n) is 9.59. The number of nitrogens with one attached hydrogen (secondary N) is 1. The number of hydrogen-bond acceptors (Lipinski definition) is 6. The zero-order chi connectivity index (χ0) is 20.5. The van der Waals surface area contributed by atoms with Gasteiger partial charge in [0.2, 0.25) is 0 Å². The van der Waals surface area contributed by atoms with Crippen molar-refractivity contribution in [2.45, 2.75) is 12.5 Å². The SMILES string of the molecule is O=C(N[C@H]1CCN(c2nccn3ccnc23)C1)c1cnc(-c2ccc(F)cc2)cn1. The predicted octanol–water partition coefficient (Wildman–Crippen LogP) is 2.33. The topological polar surface area (TPSA) is 88.3 Å². The lowest BCUT2D eigenvalue weighted by atomic mass is 10.1. The van der Waals surface area contributed by atoms with Crippen LogP contribution in [0.5, 0.6) is 0 Å². The highest BCUT2D eigenvalue weighted by atomic mass is 19.1. The van der Waals surface area contributed by atoms with Gasteiger partial charge in [0.05, 0.1) is 18.1 Å². The van der Waals surface area contributed by atoms with E-state index in [9.17, 15) is 9.18 Å². The van der Waals surface area contributed by atoms with Crippen LogP contribution < -0.4 is 10.2 Å². The largest absolute Gasteiger partial charge is 0.351 e. The van der Waals surface area contributed by atoms with Gasteiger partial charge in [-0.1, -0.05) is 0 Å². The van der Waals surface area contributed by atoms with E-state index in [2.05, 4.69) is 30.2 Å². The molecule has 1 saturated heterocycles. The first-order chi connectivity index (χ1) is 14.7. The highest BCUT2D eigenvalue weighted by Gasteiger charge is 2.27. The van der Waals surface area contributed by atoms with Crippen LogP contribution in [-0.2, 0) is 0 Å². The average molecular weight is 403 g/mol. The van der Waals surface area contributed by atoms with Gasteiger partial charge in [-0.2, -0.15) is 0 Å². The number of benzene rings is 1. The van der Waals surface area contributed by atoms with Gasteiger partial charge in [-0.25, -0.2) is 19.3 Å². The van der Waals surface area contributed by atoms with E-state index in [0.29, 0.717) is 12.2 Å². The smallest absolute Gasteiger partial charge is 0.271 e. The number of amides is 1. The minimum atomic E-state index is -0.312. The van der Waals surface area contributed by atoms with Crippen molar-refractivity contribution in [3.05, 3.63) is 73.0 Å². The maximum absolute atomic E-state index is 13.1. The number of aromatic nitrogens is 5. The van der Waals surface area contributed by atoms with E-state index in [1.54, 1.807) is 24.5 Å². The standard InChI is InChI=1S/C21H18FN7O/c22-15-3-1-14(2-4-15)17-11-26-18(12-25-17)21(30)27-16-5-8-29(13-16)20-19-23-6-9-28(19)10-7-24-20/h1-4,6-7,9-12,16H,5,8,13H2,(H,27,30)/t16-/m0/s1. The molecule has 5 rings (SSSR count). The Morgan fingerprint density at radius 3 is 2.60 bits per heavy atom. The minimum absolute atomic E-state index is 0.0203. The highest BCUT2D eigenvalue weighted by molar-refractivity contribution is 5.92. The van der Waals surface area contributed by atoms with Crippen LogP contribution in [-0.4, -0.2) is 49.4 Å². The van der Waals surface area contributed by atoms with Crippen LogP contribution in [0.4, 0.5) is 10.2 Å². The van der Waals surface area contributed by atoms with Crippen LogP contribution in [0.1, 0.15) is 16.9 Å². The summed E-state index contributed by atoms with van der Waals surface area (Å²) in [5.41, 5.74) is 2.36. The molecule has 4 heterocycles. The van der Waals surface area contributed by atoms with E-state index >= 15 is 0 Å². The number of nitrogens with zero attached hydrogens (tertiary/aromatic N) is 6. The van der Waals surface area contributed by atoms with Crippen molar-refractivity contribution in [1.29, 1.82) is 0 Å². The molecule has 1 fully saturated rings. The van der Waals surface area contributed by atoms with Crippen molar-refractivity contribution in [2.24, 2.45) is 0 Å². The van der Waals surface area contributed by atoms with Crippen LogP contribution in [0.25, 0.3) is 16.9 Å². The van der Waals surface area contributed by atoms with Crippen molar-refractivity contribution in [1.82, 2.24) is 29.7 Å². The molecular weight excluding hydrogens is 385 g/mol. The summed E-state index contributed by atoms with van der Waals surface area (Å²) in [5.74, 6) is 0.224. The second-order valence-electron chi connectivity index (χ2n) is 7.11. The molecule has 0 radical (unpaired) electrons. The molecule has 0 unspecified atom stereocenters. The van der Waals surface area contributed by atoms with Gasteiger partial charge in [0, 0.05) is 49.5 Å². The molecule has 1 aromatic carbocycles. The monoisotopic (exact) mass is 403 g/mol. The van der Waals surface area contributed by atoms with Crippen LogP contribution >= 0.6 is 0 Å². The second kappa shape index (κ2) is 7.51. The molecule has 0 spiro atoms. The van der Waals surface area contributed by atoms with Gasteiger partial charge in [0.25, 0.3) is 5.91 Å². The molecule has 4 aromatic rings. The number of rotatable bonds is 4. The number of anilines is 1. The molecule has 0 saturated carbocycles. The zero-order valence-electron chi connectivity index (χ0n) is 15.9. The van der Waals surface area contributed by atoms with Gasteiger partial charge in [0.15, 0.2) is 11.5 Å². The normalized spacial score (nSPS) is 16.2. The quantitative estimate of drug-likeness (QED) is 0.563. The molecule has 1 aliphatic heterocycles. The van der Waals surface area contributed by atoms with E-state index in [1.165, 1.54) is 24.5 Å². The Hall–Kier alpha value is -3.88. The fraction of sp³-hybridized carbons (Fsp3) is 0.190. The van der Waals surface area contributed by atoms with E-state index in [-0.39, 0.29) is 23.5 Å². The maximum Gasteiger partial charge on any atom is 0.271 e. The molecule has 3 aromatic heterocycles. The number of imidazole rings is 1. The number of carbonyl (C=O) groups is 1. The molecule has 8 nitrogen and oxygen atoms in total. The van der Waals surface area contributed by atoms with E-state index < -0.39 is 0 Å². The van der Waals surface area contributed by atoms with Gasteiger partial charge in [-0.05, 0) is 30.7 Å². The Labute approximate surface area is 171 Å². The molecule has 1 N–H and O–H groups in total. The van der Waals surface area contributed by atoms with Crippen molar-refractivity contribution in [3.63, 3.8) is 0 Å². The number of carbonyl (C=O) groups excluding carboxylic acids is 1. The Bertz CT molecular complexity index is 1190. The van der Waals surface area contributed by atoms with Gasteiger partial charge in [-0.3, -0.25) is 9.78 Å². The lowest BCUT2D eigenvalue weighted by Crippen LogP contribution is -2.37. The molecule has 1 atom stereocenters. The first kappa shape index (κ1) is 18.2. The van der Waals surface area contributed by atoms with Crippen molar-refractivity contribution in [2.75, 3.05) is 18.0 Å². The number of fused-ring (bicyclic) bond motifs is 1. The summed E-state index contributed by atoms with van der Waals surface area (Å²) in [6, 6.07) is 5.96. The summed E-state index contributed by atoms with van der Waals surface area (Å²) in [5, 5.41) is 3.02. The Balaban J connectivity index is 1.25. The summed E-state index contributed by atoms with van der Waals surface area (Å²) in [6.07, 6.45) is 11.0. The molecule has 0 aliphatic carbocycles. The molecular formula is C21H18FN7O. The van der Waals surface area contributed by atoms with Crippen LogP contribution in [0.2, 0.25) is 0 Å². The average Bonchev–Trinajstić information content (AvgIpc) is 3.44. The van der Waals surface area contributed by atoms with Crippen molar-refractivity contribution < 1.29 is 9.18 Å². The van der Waals surface area contributed by atoms with E-state index in [0.717, 1.165) is 30.0 Å². The molecule has 1 aliphatic rings. The Morgan fingerprint density at radius 2 is 1.83 bits per heavy atom. The molecule has 9 heteroatoms. The number of hydrogen-bond donors (Lipinski definition) is 1. The molecule has 1 amide bonds. The third-order valence-corrected chi connectivity index (χ3v) is 5.14. The molecule has 150 valence electrons. The molecule has 30 heavy (non-hydrogen) atoms. The second-order valence-corrected chi connectivity index (χ2v) is 7.11. The Morgan fingerprint density at radius 1 is 1.03 bits per heavy atom. The highest BCUT2D eigenvalue weighted by Crippen LogP contribution is 2.22. The van der Waals surface area contributed by atoms with Crippen LogP contribution in [0, 0.1) is 5.82 Å². The summed E-state index contributed by atoms with van der Waals surface area (Å²) >= 11 is 0. The summed E-state index contributed by atoms with van der Waals surface area (Å²) in [4.78, 5) is 32.1. The van der Waals surface area contributed by atoms with Crippen LogP contribution in [0.15, 0.2) is 61.4 Å². The van der Waals surface area contributed by atoms with Gasteiger partial charge in [0.1, 0.15) is 11.5 Å². The zero-order valence-corrected chi connectivity index (χ0v) is 15.9. The summed E-state index contributed by atoms with van der Waals surface area (Å²) < 4.78 is 15.0. The third kappa shape index (κ3) is 3.45. The summed E-state index contributed by atoms with van der Waals surface area (Å²) in [6.45, 7) is 1.42. The Kier molecular flexibility index (Phi) is 4.55. The van der Waals surface area contributed by atoms with Crippen molar-refractivity contribution in [3.8, 4) is 11.3 Å². The van der Waals surface area contributed by atoms with Crippen molar-refractivity contribution >= 4 is 17.4 Å². The molecule has 0 bridgehead atoms. The third-order valence-electron chi connectivity index (χ3n) is 5.14. The van der Waals surface area contributed by atoms with E-state index in [1.807, 2.05) is 16.8 Å². The number of halogens is 1. The summed E-state index contributed by atoms with van der Waals surface area (Å²) in [7, 11) is 0.